The van der Waals surface area contributed by atoms with E-state index in [0.29, 0.717) is 19.3 Å². The summed E-state index contributed by atoms with van der Waals surface area (Å²) in [4.78, 5) is 0. The van der Waals surface area contributed by atoms with Crippen molar-refractivity contribution in [3.8, 4) is 0 Å². The largest absolute Gasteiger partial charge is 0.374 e. The summed E-state index contributed by atoms with van der Waals surface area (Å²) in [5.74, 6) is 0.823. The maximum Gasteiger partial charge on any atom is 0.134 e. The number of nitrogens with zero attached hydrogens (tertiary/aromatic N) is 1. The highest BCUT2D eigenvalue weighted by Crippen LogP contribution is 2.02. The molecule has 0 atom stereocenters. The number of nitrogens with one attached hydrogen (secondary N) is 1. The first kappa shape index (κ1) is 11.2. The number of hydrogen-bond donors (Lipinski definition) is 1. The average molecular weight is 198 g/mol. The summed E-state index contributed by atoms with van der Waals surface area (Å²) in [6.45, 7) is 8.19. The van der Waals surface area contributed by atoms with E-state index < -0.39 is 0 Å². The average Bonchev–Trinajstić information content (AvgIpc) is 2.50. The van der Waals surface area contributed by atoms with Gasteiger partial charge < -0.3 is 14.6 Å². The van der Waals surface area contributed by atoms with Crippen LogP contribution >= 0.6 is 0 Å². The van der Waals surface area contributed by atoms with Gasteiger partial charge in [0, 0.05) is 18.7 Å². The number of rotatable bonds is 6. The van der Waals surface area contributed by atoms with E-state index in [2.05, 4.69) is 24.3 Å². The van der Waals surface area contributed by atoms with Gasteiger partial charge in [0.25, 0.3) is 0 Å². The van der Waals surface area contributed by atoms with Crippen LogP contribution in [0.4, 0.5) is 0 Å². The third kappa shape index (κ3) is 4.39. The van der Waals surface area contributed by atoms with Crippen LogP contribution in [0.3, 0.4) is 0 Å². The molecule has 0 bridgehead atoms. The Labute approximate surface area is 84.6 Å². The number of aromatic nitrogens is 1. The lowest BCUT2D eigenvalue weighted by Crippen LogP contribution is -2.26. The smallest absolute Gasteiger partial charge is 0.134 e. The fourth-order valence-electron chi connectivity index (χ4n) is 1.08. The van der Waals surface area contributed by atoms with Crippen molar-refractivity contribution in [3.05, 3.63) is 17.5 Å². The van der Waals surface area contributed by atoms with E-state index in [1.165, 1.54) is 0 Å². The zero-order chi connectivity index (χ0) is 10.4. The summed E-state index contributed by atoms with van der Waals surface area (Å²) in [6, 6.07) is 2.39. The molecule has 1 heterocycles. The van der Waals surface area contributed by atoms with Gasteiger partial charge in [-0.3, -0.25) is 0 Å². The Balaban J connectivity index is 2.04. The molecule has 80 valence electrons. The molecule has 0 unspecified atom stereocenters. The van der Waals surface area contributed by atoms with Gasteiger partial charge in [-0.05, 0) is 6.92 Å². The number of aryl methyl sites for hydroxylation is 1. The highest BCUT2D eigenvalue weighted by atomic mass is 16.5. The Hall–Kier alpha value is -0.870. The second-order valence-corrected chi connectivity index (χ2v) is 3.59. The van der Waals surface area contributed by atoms with Crippen molar-refractivity contribution in [2.45, 2.75) is 33.4 Å². The highest BCUT2D eigenvalue weighted by molar-refractivity contribution is 5.01. The van der Waals surface area contributed by atoms with E-state index in [4.69, 9.17) is 9.26 Å². The summed E-state index contributed by atoms with van der Waals surface area (Å²) in [7, 11) is 0. The first-order valence-corrected chi connectivity index (χ1v) is 4.92. The second-order valence-electron chi connectivity index (χ2n) is 3.59. The lowest BCUT2D eigenvalue weighted by atomic mass is 10.4. The fourth-order valence-corrected chi connectivity index (χ4v) is 1.08. The summed E-state index contributed by atoms with van der Waals surface area (Å²) < 4.78 is 10.3. The molecular weight excluding hydrogens is 180 g/mol. The van der Waals surface area contributed by atoms with E-state index in [0.717, 1.165) is 18.0 Å². The van der Waals surface area contributed by atoms with Crippen molar-refractivity contribution in [2.75, 3.05) is 13.2 Å². The topological polar surface area (TPSA) is 47.3 Å². The van der Waals surface area contributed by atoms with Gasteiger partial charge in [0.05, 0.1) is 13.2 Å². The molecule has 0 fully saturated rings. The quantitative estimate of drug-likeness (QED) is 0.704. The van der Waals surface area contributed by atoms with Crippen LogP contribution in [0.5, 0.6) is 0 Å². The van der Waals surface area contributed by atoms with Crippen LogP contribution in [0, 0.1) is 6.92 Å². The third-order valence-corrected chi connectivity index (χ3v) is 1.73. The van der Waals surface area contributed by atoms with E-state index in [9.17, 15) is 0 Å². The van der Waals surface area contributed by atoms with Crippen molar-refractivity contribution in [1.82, 2.24) is 10.5 Å². The van der Waals surface area contributed by atoms with Crippen LogP contribution in [-0.2, 0) is 11.3 Å². The first-order valence-electron chi connectivity index (χ1n) is 4.92. The Morgan fingerprint density at radius 3 is 2.93 bits per heavy atom. The van der Waals surface area contributed by atoms with Gasteiger partial charge in [-0.15, -0.1) is 0 Å². The van der Waals surface area contributed by atoms with Crippen molar-refractivity contribution >= 4 is 0 Å². The van der Waals surface area contributed by atoms with E-state index in [1.807, 2.05) is 13.0 Å². The number of ether oxygens (including phenoxy) is 1. The van der Waals surface area contributed by atoms with Crippen molar-refractivity contribution < 1.29 is 9.26 Å². The Kier molecular flexibility index (Phi) is 4.62. The standard InChI is InChI=1S/C10H18N2O2/c1-8(2)11-4-5-13-7-10-6-9(3)14-12-10/h6,8,11H,4-5,7H2,1-3H3. The van der Waals surface area contributed by atoms with Gasteiger partial charge in [-0.25, -0.2) is 0 Å². The lowest BCUT2D eigenvalue weighted by molar-refractivity contribution is 0.116. The van der Waals surface area contributed by atoms with Crippen molar-refractivity contribution in [3.63, 3.8) is 0 Å². The summed E-state index contributed by atoms with van der Waals surface area (Å²) in [6.07, 6.45) is 0. The molecule has 0 saturated carbocycles. The Morgan fingerprint density at radius 2 is 2.36 bits per heavy atom. The minimum absolute atomic E-state index is 0.507. The van der Waals surface area contributed by atoms with Gasteiger partial charge in [0.1, 0.15) is 11.5 Å². The normalized spacial score (nSPS) is 11.1. The molecule has 1 rings (SSSR count). The molecule has 1 aromatic rings. The Morgan fingerprint density at radius 1 is 1.57 bits per heavy atom. The SMILES string of the molecule is Cc1cc(COCCNC(C)C)no1. The zero-order valence-electron chi connectivity index (χ0n) is 9.04. The molecule has 0 radical (unpaired) electrons. The summed E-state index contributed by atoms with van der Waals surface area (Å²) >= 11 is 0. The van der Waals surface area contributed by atoms with Gasteiger partial charge in [0.15, 0.2) is 0 Å². The molecule has 4 heteroatoms. The molecule has 0 aliphatic heterocycles. The molecule has 1 N–H and O–H groups in total. The van der Waals surface area contributed by atoms with Crippen molar-refractivity contribution in [2.24, 2.45) is 0 Å². The van der Waals surface area contributed by atoms with Gasteiger partial charge >= 0.3 is 0 Å². The van der Waals surface area contributed by atoms with Crippen molar-refractivity contribution in [1.29, 1.82) is 0 Å². The predicted octanol–water partition coefficient (Wildman–Crippen LogP) is 1.50. The molecule has 0 aromatic carbocycles. The molecule has 1 aromatic heterocycles. The fraction of sp³-hybridized carbons (Fsp3) is 0.700. The van der Waals surface area contributed by atoms with E-state index >= 15 is 0 Å². The third-order valence-electron chi connectivity index (χ3n) is 1.73. The van der Waals surface area contributed by atoms with Crippen LogP contribution in [0.15, 0.2) is 10.6 Å². The zero-order valence-corrected chi connectivity index (χ0v) is 9.04. The first-order chi connectivity index (χ1) is 6.68. The van der Waals surface area contributed by atoms with Crippen LogP contribution in [0.25, 0.3) is 0 Å². The molecule has 0 spiro atoms. The number of hydrogen-bond acceptors (Lipinski definition) is 4. The molecule has 4 nitrogen and oxygen atoms in total. The summed E-state index contributed by atoms with van der Waals surface area (Å²) in [5, 5.41) is 7.10. The maximum atomic E-state index is 5.40. The van der Waals surface area contributed by atoms with Crippen LogP contribution < -0.4 is 5.32 Å². The van der Waals surface area contributed by atoms with Crippen LogP contribution in [-0.4, -0.2) is 24.4 Å². The van der Waals surface area contributed by atoms with Gasteiger partial charge in [-0.1, -0.05) is 19.0 Å². The maximum absolute atomic E-state index is 5.40. The highest BCUT2D eigenvalue weighted by Gasteiger charge is 1.99. The summed E-state index contributed by atoms with van der Waals surface area (Å²) in [5.41, 5.74) is 0.854. The molecule has 14 heavy (non-hydrogen) atoms. The molecule has 0 amide bonds. The monoisotopic (exact) mass is 198 g/mol. The predicted molar refractivity (Wildman–Crippen MR) is 54.0 cm³/mol. The van der Waals surface area contributed by atoms with E-state index in [1.54, 1.807) is 0 Å². The molecule has 0 aliphatic rings. The minimum Gasteiger partial charge on any atom is -0.374 e. The second kappa shape index (κ2) is 5.78. The lowest BCUT2D eigenvalue weighted by Gasteiger charge is -2.07. The minimum atomic E-state index is 0.507. The molecule has 0 aliphatic carbocycles. The van der Waals surface area contributed by atoms with Crippen LogP contribution in [0.1, 0.15) is 25.3 Å². The molecule has 0 saturated heterocycles. The van der Waals surface area contributed by atoms with Gasteiger partial charge in [-0.2, -0.15) is 0 Å². The van der Waals surface area contributed by atoms with Gasteiger partial charge in [0.2, 0.25) is 0 Å². The molecular formula is C10H18N2O2. The van der Waals surface area contributed by atoms with Crippen LogP contribution in [0.2, 0.25) is 0 Å². The Bertz CT molecular complexity index is 258. The van der Waals surface area contributed by atoms with E-state index in [-0.39, 0.29) is 0 Å².